The third-order valence-electron chi connectivity index (χ3n) is 4.46. The number of nitrogens with zero attached hydrogens (tertiary/aromatic N) is 2. The molecule has 28 heavy (non-hydrogen) atoms. The summed E-state index contributed by atoms with van der Waals surface area (Å²) in [6, 6.07) is 14.4. The monoisotopic (exact) mass is 496 g/mol. The maximum absolute atomic E-state index is 13.0. The largest absolute Gasteiger partial charge is 0.357 e. The van der Waals surface area contributed by atoms with Crippen LogP contribution in [0.1, 0.15) is 30.9 Å². The summed E-state index contributed by atoms with van der Waals surface area (Å²) < 4.78 is 13.0. The van der Waals surface area contributed by atoms with E-state index in [0.717, 1.165) is 36.3 Å². The number of hydrogen-bond donors (Lipinski definition) is 2. The highest BCUT2D eigenvalue weighted by atomic mass is 127. The van der Waals surface area contributed by atoms with Crippen LogP contribution in [-0.4, -0.2) is 25.0 Å². The second-order valence-corrected chi connectivity index (χ2v) is 6.49. The first-order valence-corrected chi connectivity index (χ1v) is 9.31. The fourth-order valence-electron chi connectivity index (χ4n) is 3.00. The fourth-order valence-corrected chi connectivity index (χ4v) is 3.00. The van der Waals surface area contributed by atoms with E-state index in [1.807, 2.05) is 36.1 Å². The lowest BCUT2D eigenvalue weighted by atomic mass is 10.2. The van der Waals surface area contributed by atoms with Gasteiger partial charge in [-0.25, -0.2) is 9.38 Å². The van der Waals surface area contributed by atoms with E-state index < -0.39 is 0 Å². The Morgan fingerprint density at radius 3 is 2.36 bits per heavy atom. The highest BCUT2D eigenvalue weighted by Gasteiger charge is 2.21. The van der Waals surface area contributed by atoms with E-state index >= 15 is 0 Å². The second kappa shape index (κ2) is 11.0. The van der Waals surface area contributed by atoms with Gasteiger partial charge in [-0.2, -0.15) is 0 Å². The molecule has 7 heteroatoms. The van der Waals surface area contributed by atoms with Crippen molar-refractivity contribution >= 4 is 41.5 Å². The first kappa shape index (κ1) is 22.1. The van der Waals surface area contributed by atoms with Gasteiger partial charge < -0.3 is 15.5 Å². The van der Waals surface area contributed by atoms with E-state index in [1.165, 1.54) is 12.1 Å². The minimum Gasteiger partial charge on any atom is -0.357 e. The van der Waals surface area contributed by atoms with Crippen LogP contribution in [0.25, 0.3) is 0 Å². The molecule has 150 valence electrons. The van der Waals surface area contributed by atoms with E-state index in [9.17, 15) is 9.18 Å². The number of halogens is 2. The van der Waals surface area contributed by atoms with Crippen molar-refractivity contribution in [3.05, 3.63) is 65.5 Å². The number of nitrogens with one attached hydrogen (secondary N) is 2. The second-order valence-electron chi connectivity index (χ2n) is 6.49. The molecule has 0 spiro atoms. The zero-order valence-electron chi connectivity index (χ0n) is 16.0. The molecule has 2 aromatic carbocycles. The molecular weight excluding hydrogens is 470 g/mol. The van der Waals surface area contributed by atoms with Crippen molar-refractivity contribution < 1.29 is 9.18 Å². The van der Waals surface area contributed by atoms with Gasteiger partial charge in [0.15, 0.2) is 5.96 Å². The summed E-state index contributed by atoms with van der Waals surface area (Å²) >= 11 is 0. The number of anilines is 1. The molecule has 1 amide bonds. The van der Waals surface area contributed by atoms with Gasteiger partial charge in [-0.3, -0.25) is 4.79 Å². The average molecular weight is 496 g/mol. The number of amides is 1. The number of carbonyl (C=O) groups excluding carboxylic acids is 1. The van der Waals surface area contributed by atoms with Crippen molar-refractivity contribution in [2.45, 2.75) is 32.9 Å². The Balaban J connectivity index is 0.00000280. The molecule has 0 aliphatic carbocycles. The molecule has 0 bridgehead atoms. The van der Waals surface area contributed by atoms with Crippen molar-refractivity contribution in [2.75, 3.05) is 18.0 Å². The van der Waals surface area contributed by atoms with Crippen LogP contribution in [-0.2, 0) is 17.9 Å². The van der Waals surface area contributed by atoms with Crippen LogP contribution in [0, 0.1) is 5.82 Å². The SMILES string of the molecule is CCNC(=NCc1ccc(N2CCCC2=O)cc1)NCc1ccc(F)cc1.I. The van der Waals surface area contributed by atoms with Gasteiger partial charge in [0.25, 0.3) is 0 Å². The summed E-state index contributed by atoms with van der Waals surface area (Å²) in [4.78, 5) is 18.3. The van der Waals surface area contributed by atoms with Gasteiger partial charge >= 0.3 is 0 Å². The lowest BCUT2D eigenvalue weighted by molar-refractivity contribution is -0.117. The molecule has 1 aliphatic rings. The third kappa shape index (κ3) is 6.19. The Morgan fingerprint density at radius 2 is 1.75 bits per heavy atom. The van der Waals surface area contributed by atoms with E-state index in [1.54, 1.807) is 12.1 Å². The number of rotatable bonds is 6. The quantitative estimate of drug-likeness (QED) is 0.363. The first-order chi connectivity index (χ1) is 13.2. The van der Waals surface area contributed by atoms with Gasteiger partial charge in [-0.1, -0.05) is 24.3 Å². The summed E-state index contributed by atoms with van der Waals surface area (Å²) in [5, 5.41) is 6.46. The van der Waals surface area contributed by atoms with E-state index in [0.29, 0.717) is 25.5 Å². The number of hydrogen-bond acceptors (Lipinski definition) is 2. The smallest absolute Gasteiger partial charge is 0.227 e. The number of benzene rings is 2. The molecule has 0 radical (unpaired) electrons. The van der Waals surface area contributed by atoms with Crippen LogP contribution in [0.5, 0.6) is 0 Å². The molecule has 1 saturated heterocycles. The first-order valence-electron chi connectivity index (χ1n) is 9.31. The number of guanidine groups is 1. The number of carbonyl (C=O) groups is 1. The van der Waals surface area contributed by atoms with Gasteiger partial charge in [0.05, 0.1) is 6.54 Å². The molecule has 3 rings (SSSR count). The van der Waals surface area contributed by atoms with E-state index in [2.05, 4.69) is 15.6 Å². The zero-order valence-corrected chi connectivity index (χ0v) is 18.3. The summed E-state index contributed by atoms with van der Waals surface area (Å²) in [6.07, 6.45) is 1.56. The highest BCUT2D eigenvalue weighted by molar-refractivity contribution is 14.0. The molecule has 0 aromatic heterocycles. The van der Waals surface area contributed by atoms with Gasteiger partial charge in [0, 0.05) is 31.7 Å². The van der Waals surface area contributed by atoms with E-state index in [-0.39, 0.29) is 35.7 Å². The molecule has 0 atom stereocenters. The normalized spacial score (nSPS) is 14.0. The molecule has 5 nitrogen and oxygen atoms in total. The van der Waals surface area contributed by atoms with Crippen molar-refractivity contribution in [1.29, 1.82) is 0 Å². The Labute approximate surface area is 182 Å². The summed E-state index contributed by atoms with van der Waals surface area (Å²) in [5.74, 6) is 0.666. The molecule has 1 aliphatic heterocycles. The minimum absolute atomic E-state index is 0. The topological polar surface area (TPSA) is 56.7 Å². The average Bonchev–Trinajstić information content (AvgIpc) is 3.11. The lowest BCUT2D eigenvalue weighted by Crippen LogP contribution is -2.36. The third-order valence-corrected chi connectivity index (χ3v) is 4.46. The van der Waals surface area contributed by atoms with Crippen LogP contribution in [0.4, 0.5) is 10.1 Å². The molecular formula is C21H26FIN4O. The summed E-state index contributed by atoms with van der Waals surface area (Å²) in [5.41, 5.74) is 3.01. The molecule has 0 unspecified atom stereocenters. The van der Waals surface area contributed by atoms with Crippen LogP contribution < -0.4 is 15.5 Å². The summed E-state index contributed by atoms with van der Waals surface area (Å²) in [7, 11) is 0. The fraction of sp³-hybridized carbons (Fsp3) is 0.333. The van der Waals surface area contributed by atoms with Crippen molar-refractivity contribution in [1.82, 2.24) is 10.6 Å². The molecule has 1 fully saturated rings. The number of aliphatic imine (C=N–C) groups is 1. The Hall–Kier alpha value is -2.16. The van der Waals surface area contributed by atoms with E-state index in [4.69, 9.17) is 0 Å². The predicted octanol–water partition coefficient (Wildman–Crippen LogP) is 3.83. The van der Waals surface area contributed by atoms with Crippen LogP contribution >= 0.6 is 24.0 Å². The lowest BCUT2D eigenvalue weighted by Gasteiger charge is -2.16. The molecule has 1 heterocycles. The molecule has 2 aromatic rings. The van der Waals surface area contributed by atoms with Crippen molar-refractivity contribution in [3.8, 4) is 0 Å². The predicted molar refractivity (Wildman–Crippen MR) is 121 cm³/mol. The van der Waals surface area contributed by atoms with Crippen molar-refractivity contribution in [3.63, 3.8) is 0 Å². The molecule has 0 saturated carbocycles. The summed E-state index contributed by atoms with van der Waals surface area (Å²) in [6.45, 7) is 4.67. The Morgan fingerprint density at radius 1 is 1.07 bits per heavy atom. The maximum Gasteiger partial charge on any atom is 0.227 e. The van der Waals surface area contributed by atoms with Gasteiger partial charge in [-0.05, 0) is 48.7 Å². The minimum atomic E-state index is -0.238. The van der Waals surface area contributed by atoms with Gasteiger partial charge in [0.1, 0.15) is 5.82 Å². The Bertz CT molecular complexity index is 793. The standard InChI is InChI=1S/C21H25FN4O.HI/c1-2-23-21(24-14-16-5-9-18(22)10-6-16)25-15-17-7-11-19(12-8-17)26-13-3-4-20(26)27;/h5-12H,2-4,13-15H2,1H3,(H2,23,24,25);1H. The zero-order chi connectivity index (χ0) is 19.1. The highest BCUT2D eigenvalue weighted by Crippen LogP contribution is 2.21. The van der Waals surface area contributed by atoms with Crippen LogP contribution in [0.2, 0.25) is 0 Å². The van der Waals surface area contributed by atoms with Crippen LogP contribution in [0.15, 0.2) is 53.5 Å². The van der Waals surface area contributed by atoms with Crippen molar-refractivity contribution in [2.24, 2.45) is 4.99 Å². The molecule has 2 N–H and O–H groups in total. The van der Waals surface area contributed by atoms with Gasteiger partial charge in [-0.15, -0.1) is 24.0 Å². The Kier molecular flexibility index (Phi) is 8.69. The van der Waals surface area contributed by atoms with Gasteiger partial charge in [0.2, 0.25) is 5.91 Å². The maximum atomic E-state index is 13.0. The van der Waals surface area contributed by atoms with Crippen LogP contribution in [0.3, 0.4) is 0 Å².